The van der Waals surface area contributed by atoms with Gasteiger partial charge in [0, 0.05) is 13.7 Å². The number of nitrogens with one attached hydrogen (secondary N) is 1. The van der Waals surface area contributed by atoms with E-state index in [0.29, 0.717) is 0 Å². The summed E-state index contributed by atoms with van der Waals surface area (Å²) in [7, 11) is 0. The van der Waals surface area contributed by atoms with E-state index >= 15 is 0 Å². The molecule has 2 rings (SSSR count). The summed E-state index contributed by atoms with van der Waals surface area (Å²) in [6.07, 6.45) is 1.13. The van der Waals surface area contributed by atoms with Crippen LogP contribution < -0.4 is 5.32 Å². The SMILES string of the molecule is CC.Cc1ccc2c(n1)NCC2.S.[HH]. The van der Waals surface area contributed by atoms with Crippen LogP contribution in [0, 0.1) is 6.92 Å². The van der Waals surface area contributed by atoms with Crippen molar-refractivity contribution in [2.45, 2.75) is 27.2 Å². The van der Waals surface area contributed by atoms with Gasteiger partial charge in [-0.2, -0.15) is 13.5 Å². The van der Waals surface area contributed by atoms with Crippen molar-refractivity contribution < 1.29 is 1.43 Å². The third kappa shape index (κ3) is 2.92. The molecule has 13 heavy (non-hydrogen) atoms. The van der Waals surface area contributed by atoms with E-state index in [1.54, 1.807) is 0 Å². The van der Waals surface area contributed by atoms with Crippen LogP contribution in [0.1, 0.15) is 26.5 Å². The van der Waals surface area contributed by atoms with Crippen LogP contribution in [0.15, 0.2) is 12.1 Å². The summed E-state index contributed by atoms with van der Waals surface area (Å²) in [4.78, 5) is 4.34. The minimum Gasteiger partial charge on any atom is -0.370 e. The fraction of sp³-hybridized carbons (Fsp3) is 0.500. The van der Waals surface area contributed by atoms with Gasteiger partial charge in [-0.3, -0.25) is 0 Å². The molecule has 0 amide bonds. The highest BCUT2D eigenvalue weighted by atomic mass is 32.1. The summed E-state index contributed by atoms with van der Waals surface area (Å²) in [6.45, 7) is 7.06. The second-order valence-electron chi connectivity index (χ2n) is 2.64. The van der Waals surface area contributed by atoms with E-state index < -0.39 is 0 Å². The number of anilines is 1. The zero-order chi connectivity index (χ0) is 8.97. The quantitative estimate of drug-likeness (QED) is 0.696. The Morgan fingerprint density at radius 2 is 2.08 bits per heavy atom. The van der Waals surface area contributed by atoms with Gasteiger partial charge in [-0.15, -0.1) is 0 Å². The van der Waals surface area contributed by atoms with Crippen LogP contribution >= 0.6 is 13.5 Å². The molecular weight excluding hydrogens is 180 g/mol. The van der Waals surface area contributed by atoms with E-state index in [1.807, 2.05) is 20.8 Å². The van der Waals surface area contributed by atoms with Crippen molar-refractivity contribution in [3.05, 3.63) is 23.4 Å². The van der Waals surface area contributed by atoms with E-state index in [-0.39, 0.29) is 14.9 Å². The second-order valence-corrected chi connectivity index (χ2v) is 2.64. The maximum absolute atomic E-state index is 4.34. The summed E-state index contributed by atoms with van der Waals surface area (Å²) >= 11 is 0. The van der Waals surface area contributed by atoms with Crippen molar-refractivity contribution >= 4 is 19.3 Å². The molecule has 0 aliphatic carbocycles. The number of nitrogens with zero attached hydrogens (tertiary/aromatic N) is 1. The zero-order valence-electron chi connectivity index (χ0n) is 8.52. The van der Waals surface area contributed by atoms with E-state index in [0.717, 1.165) is 24.5 Å². The zero-order valence-corrected chi connectivity index (χ0v) is 9.52. The van der Waals surface area contributed by atoms with E-state index in [4.69, 9.17) is 0 Å². The molecule has 0 saturated carbocycles. The Kier molecular flexibility index (Phi) is 5.55. The standard InChI is InChI=1S/C8H10N2.C2H6.H2S.H2/c1-6-2-3-7-4-5-9-8(7)10-6;1-2;;/h2-3H,4-5H2,1H3,(H,9,10);1-2H3;1H2;1H. The molecule has 1 N–H and O–H groups in total. The van der Waals surface area contributed by atoms with Gasteiger partial charge in [0.1, 0.15) is 5.82 Å². The van der Waals surface area contributed by atoms with Crippen LogP contribution in [-0.4, -0.2) is 11.5 Å². The maximum Gasteiger partial charge on any atom is 0.129 e. The molecule has 0 fully saturated rings. The molecule has 0 aromatic carbocycles. The number of rotatable bonds is 0. The lowest BCUT2D eigenvalue weighted by molar-refractivity contribution is 1.11. The van der Waals surface area contributed by atoms with Gasteiger partial charge in [0.15, 0.2) is 0 Å². The highest BCUT2D eigenvalue weighted by Crippen LogP contribution is 2.18. The van der Waals surface area contributed by atoms with Crippen molar-refractivity contribution in [3.63, 3.8) is 0 Å². The molecule has 0 saturated heterocycles. The second kappa shape index (κ2) is 5.86. The van der Waals surface area contributed by atoms with Gasteiger partial charge in [-0.05, 0) is 25.0 Å². The Bertz CT molecular complexity index is 266. The summed E-state index contributed by atoms with van der Waals surface area (Å²) in [5, 5.41) is 3.23. The number of pyridine rings is 1. The van der Waals surface area contributed by atoms with Gasteiger partial charge in [0.2, 0.25) is 0 Å². The lowest BCUT2D eigenvalue weighted by Gasteiger charge is -1.97. The molecule has 0 spiro atoms. The molecule has 0 unspecified atom stereocenters. The van der Waals surface area contributed by atoms with E-state index in [2.05, 4.69) is 22.4 Å². The first-order valence-electron chi connectivity index (χ1n) is 4.57. The Morgan fingerprint density at radius 3 is 2.77 bits per heavy atom. The highest BCUT2D eigenvalue weighted by Gasteiger charge is 2.09. The minimum atomic E-state index is 0. The fourth-order valence-corrected chi connectivity index (χ4v) is 1.26. The van der Waals surface area contributed by atoms with Crippen LogP contribution in [0.3, 0.4) is 0 Å². The normalized spacial score (nSPS) is 11.6. The van der Waals surface area contributed by atoms with Crippen molar-refractivity contribution in [2.75, 3.05) is 11.9 Å². The maximum atomic E-state index is 4.34. The third-order valence-electron chi connectivity index (χ3n) is 1.80. The summed E-state index contributed by atoms with van der Waals surface area (Å²) in [5.74, 6) is 1.08. The Balaban J connectivity index is 0. The average Bonchev–Trinajstić information content (AvgIpc) is 2.54. The van der Waals surface area contributed by atoms with Crippen LogP contribution in [-0.2, 0) is 6.42 Å². The molecule has 0 bridgehead atoms. The first kappa shape index (κ1) is 12.3. The summed E-state index contributed by atoms with van der Waals surface area (Å²) in [6, 6.07) is 4.21. The van der Waals surface area contributed by atoms with Crippen molar-refractivity contribution in [1.29, 1.82) is 0 Å². The third-order valence-corrected chi connectivity index (χ3v) is 1.80. The van der Waals surface area contributed by atoms with Crippen LogP contribution in [0.2, 0.25) is 0 Å². The Morgan fingerprint density at radius 1 is 1.38 bits per heavy atom. The van der Waals surface area contributed by atoms with Gasteiger partial charge in [-0.25, -0.2) is 4.98 Å². The minimum absolute atomic E-state index is 0. The molecule has 1 aliphatic heterocycles. The monoisotopic (exact) mass is 200 g/mol. The lowest BCUT2D eigenvalue weighted by Crippen LogP contribution is -1.93. The molecule has 76 valence electrons. The Hall–Kier alpha value is -0.700. The number of hydrogen-bond acceptors (Lipinski definition) is 2. The topological polar surface area (TPSA) is 24.9 Å². The van der Waals surface area contributed by atoms with Crippen LogP contribution in [0.5, 0.6) is 0 Å². The van der Waals surface area contributed by atoms with Gasteiger partial charge < -0.3 is 5.32 Å². The van der Waals surface area contributed by atoms with Crippen molar-refractivity contribution in [1.82, 2.24) is 4.98 Å². The molecule has 3 heteroatoms. The number of aryl methyl sites for hydroxylation is 1. The fourth-order valence-electron chi connectivity index (χ4n) is 1.26. The average molecular weight is 200 g/mol. The van der Waals surface area contributed by atoms with Crippen LogP contribution in [0.4, 0.5) is 5.82 Å². The first-order chi connectivity index (χ1) is 5.86. The highest BCUT2D eigenvalue weighted by molar-refractivity contribution is 7.59. The molecule has 0 radical (unpaired) electrons. The summed E-state index contributed by atoms with van der Waals surface area (Å²) < 4.78 is 0. The molecule has 2 nitrogen and oxygen atoms in total. The van der Waals surface area contributed by atoms with E-state index in [1.165, 1.54) is 5.56 Å². The molecular formula is C10H20N2S. The van der Waals surface area contributed by atoms with E-state index in [9.17, 15) is 0 Å². The summed E-state index contributed by atoms with van der Waals surface area (Å²) in [5.41, 5.74) is 2.44. The molecule has 1 aromatic heterocycles. The van der Waals surface area contributed by atoms with Crippen molar-refractivity contribution in [2.24, 2.45) is 0 Å². The van der Waals surface area contributed by atoms with Gasteiger partial charge in [-0.1, -0.05) is 19.9 Å². The number of hydrogen-bond donors (Lipinski definition) is 1. The van der Waals surface area contributed by atoms with Gasteiger partial charge in [0.05, 0.1) is 0 Å². The van der Waals surface area contributed by atoms with Crippen LogP contribution in [0.25, 0.3) is 0 Å². The molecule has 1 aliphatic rings. The largest absolute Gasteiger partial charge is 0.370 e. The first-order valence-corrected chi connectivity index (χ1v) is 4.57. The Labute approximate surface area is 88.7 Å². The number of fused-ring (bicyclic) bond motifs is 1. The van der Waals surface area contributed by atoms with Crippen molar-refractivity contribution in [3.8, 4) is 0 Å². The smallest absolute Gasteiger partial charge is 0.129 e. The molecule has 0 atom stereocenters. The number of aromatic nitrogens is 1. The lowest BCUT2D eigenvalue weighted by atomic mass is 10.2. The molecule has 2 heterocycles. The van der Waals surface area contributed by atoms with Gasteiger partial charge >= 0.3 is 0 Å². The molecule has 1 aromatic rings. The predicted molar refractivity (Wildman–Crippen MR) is 65.0 cm³/mol. The predicted octanol–water partition coefficient (Wildman–Crippen LogP) is 2.74. The van der Waals surface area contributed by atoms with Gasteiger partial charge in [0.25, 0.3) is 0 Å².